The number of carbonyl (C=O) groups excluding carboxylic acids is 1. The van der Waals surface area contributed by atoms with Gasteiger partial charge in [0.1, 0.15) is 12.7 Å². The summed E-state index contributed by atoms with van der Waals surface area (Å²) in [6, 6.07) is 7.67. The van der Waals surface area contributed by atoms with Gasteiger partial charge in [0.05, 0.1) is 11.8 Å². The van der Waals surface area contributed by atoms with Gasteiger partial charge in [-0.15, -0.1) is 0 Å². The van der Waals surface area contributed by atoms with E-state index in [0.29, 0.717) is 11.7 Å². The predicted octanol–water partition coefficient (Wildman–Crippen LogP) is 2.34. The van der Waals surface area contributed by atoms with Crippen LogP contribution in [0.25, 0.3) is 5.69 Å². The number of benzene rings is 1. The molecule has 2 aliphatic carbocycles. The third-order valence-electron chi connectivity index (χ3n) is 5.56. The van der Waals surface area contributed by atoms with Crippen LogP contribution in [0.2, 0.25) is 0 Å². The van der Waals surface area contributed by atoms with Crippen LogP contribution in [0, 0.1) is 5.41 Å². The number of hydrogen-bond acceptors (Lipinski definition) is 4. The first-order valence-corrected chi connectivity index (χ1v) is 8.60. The molecule has 0 aliphatic heterocycles. The highest BCUT2D eigenvalue weighted by molar-refractivity contribution is 5.94. The molecule has 1 spiro atoms. The van der Waals surface area contributed by atoms with Crippen LogP contribution in [0.3, 0.4) is 0 Å². The van der Waals surface area contributed by atoms with Gasteiger partial charge < -0.3 is 10.1 Å². The maximum Gasteiger partial charge on any atom is 0.251 e. The van der Waals surface area contributed by atoms with Crippen LogP contribution < -0.4 is 5.32 Å². The van der Waals surface area contributed by atoms with Crippen molar-refractivity contribution in [2.75, 3.05) is 6.61 Å². The van der Waals surface area contributed by atoms with Gasteiger partial charge in [0.15, 0.2) is 0 Å². The van der Waals surface area contributed by atoms with Crippen LogP contribution in [0.4, 0.5) is 0 Å². The number of nitrogens with zero attached hydrogens (tertiary/aromatic N) is 3. The van der Waals surface area contributed by atoms with Crippen molar-refractivity contribution in [3.63, 3.8) is 0 Å². The lowest BCUT2D eigenvalue weighted by Crippen LogP contribution is -2.67. The minimum atomic E-state index is -0.00800. The predicted molar refractivity (Wildman–Crippen MR) is 88.9 cm³/mol. The van der Waals surface area contributed by atoms with E-state index >= 15 is 0 Å². The molecule has 24 heavy (non-hydrogen) atoms. The summed E-state index contributed by atoms with van der Waals surface area (Å²) in [4.78, 5) is 16.5. The zero-order valence-corrected chi connectivity index (χ0v) is 13.8. The van der Waals surface area contributed by atoms with Gasteiger partial charge in [-0.1, -0.05) is 6.42 Å². The van der Waals surface area contributed by atoms with E-state index in [4.69, 9.17) is 4.74 Å². The molecule has 0 unspecified atom stereocenters. The van der Waals surface area contributed by atoms with Crippen molar-refractivity contribution < 1.29 is 9.53 Å². The molecule has 1 aromatic carbocycles. The molecule has 0 saturated heterocycles. The fourth-order valence-corrected chi connectivity index (χ4v) is 3.99. The number of amides is 1. The largest absolute Gasteiger partial charge is 0.378 e. The van der Waals surface area contributed by atoms with Gasteiger partial charge in [-0.05, 0) is 50.5 Å². The Balaban J connectivity index is 1.42. The first-order chi connectivity index (χ1) is 11.7. The quantitative estimate of drug-likeness (QED) is 0.916. The van der Waals surface area contributed by atoms with Gasteiger partial charge in [-0.3, -0.25) is 4.79 Å². The fraction of sp³-hybridized carbons (Fsp3) is 0.500. The number of rotatable bonds is 5. The standard InChI is InChI=1S/C18H22N4O2/c1-2-24-16-10-15(18(16)8-3-9-18)21-17(23)13-4-6-14(7-5-13)22-12-19-11-20-22/h4-7,11-12,15-16H,2-3,8-10H2,1H3,(H,21,23)/t15-,16-/m0/s1. The maximum atomic E-state index is 12.6. The highest BCUT2D eigenvalue weighted by Gasteiger charge is 2.59. The number of nitrogens with one attached hydrogen (secondary N) is 1. The average Bonchev–Trinajstić information content (AvgIpc) is 3.06. The second kappa shape index (κ2) is 6.02. The third kappa shape index (κ3) is 2.41. The number of aromatic nitrogens is 3. The first-order valence-electron chi connectivity index (χ1n) is 8.60. The van der Waals surface area contributed by atoms with E-state index in [1.807, 2.05) is 31.2 Å². The monoisotopic (exact) mass is 326 g/mol. The molecule has 1 aromatic heterocycles. The summed E-state index contributed by atoms with van der Waals surface area (Å²) >= 11 is 0. The summed E-state index contributed by atoms with van der Waals surface area (Å²) in [6.45, 7) is 2.78. The summed E-state index contributed by atoms with van der Waals surface area (Å²) in [5.74, 6) is -0.00800. The normalized spacial score (nSPS) is 24.2. The van der Waals surface area contributed by atoms with E-state index in [-0.39, 0.29) is 17.4 Å². The second-order valence-electron chi connectivity index (χ2n) is 6.68. The van der Waals surface area contributed by atoms with E-state index in [9.17, 15) is 4.79 Å². The number of ether oxygens (including phenoxy) is 1. The molecule has 6 heteroatoms. The fourth-order valence-electron chi connectivity index (χ4n) is 3.99. The molecule has 2 fully saturated rings. The first kappa shape index (κ1) is 15.3. The summed E-state index contributed by atoms with van der Waals surface area (Å²) in [7, 11) is 0. The molecule has 0 bridgehead atoms. The zero-order valence-electron chi connectivity index (χ0n) is 13.8. The Hall–Kier alpha value is -2.21. The third-order valence-corrected chi connectivity index (χ3v) is 5.56. The Bertz CT molecular complexity index is 707. The van der Waals surface area contributed by atoms with Crippen molar-refractivity contribution in [2.24, 2.45) is 5.41 Å². The zero-order chi connectivity index (χ0) is 16.6. The van der Waals surface area contributed by atoms with Crippen LogP contribution in [-0.2, 0) is 4.74 Å². The van der Waals surface area contributed by atoms with Gasteiger partial charge in [0.25, 0.3) is 5.91 Å². The van der Waals surface area contributed by atoms with Crippen LogP contribution in [0.5, 0.6) is 0 Å². The van der Waals surface area contributed by atoms with Crippen molar-refractivity contribution in [3.05, 3.63) is 42.5 Å². The summed E-state index contributed by atoms with van der Waals surface area (Å²) in [6.07, 6.45) is 7.93. The van der Waals surface area contributed by atoms with Crippen molar-refractivity contribution in [3.8, 4) is 5.69 Å². The van der Waals surface area contributed by atoms with Crippen molar-refractivity contribution >= 4 is 5.91 Å². The van der Waals surface area contributed by atoms with Crippen molar-refractivity contribution in [1.82, 2.24) is 20.1 Å². The Morgan fingerprint density at radius 1 is 1.38 bits per heavy atom. The lowest BCUT2D eigenvalue weighted by atomic mass is 9.51. The van der Waals surface area contributed by atoms with Gasteiger partial charge in [-0.25, -0.2) is 9.67 Å². The summed E-state index contributed by atoms with van der Waals surface area (Å²) in [5.41, 5.74) is 1.75. The van der Waals surface area contributed by atoms with Crippen LogP contribution in [-0.4, -0.2) is 39.4 Å². The smallest absolute Gasteiger partial charge is 0.251 e. The molecule has 126 valence electrons. The Morgan fingerprint density at radius 2 is 2.17 bits per heavy atom. The Labute approximate surface area is 141 Å². The lowest BCUT2D eigenvalue weighted by Gasteiger charge is -2.61. The maximum absolute atomic E-state index is 12.6. The van der Waals surface area contributed by atoms with Crippen molar-refractivity contribution in [1.29, 1.82) is 0 Å². The van der Waals surface area contributed by atoms with E-state index in [0.717, 1.165) is 31.6 Å². The van der Waals surface area contributed by atoms with Gasteiger partial charge in [0.2, 0.25) is 0 Å². The molecule has 1 heterocycles. The molecule has 1 N–H and O–H groups in total. The number of hydrogen-bond donors (Lipinski definition) is 1. The summed E-state index contributed by atoms with van der Waals surface area (Å²) in [5, 5.41) is 7.30. The molecule has 1 amide bonds. The Morgan fingerprint density at radius 3 is 2.75 bits per heavy atom. The number of carbonyl (C=O) groups is 1. The van der Waals surface area contributed by atoms with Gasteiger partial charge in [0, 0.05) is 23.6 Å². The van der Waals surface area contributed by atoms with E-state index in [1.165, 1.54) is 12.7 Å². The molecular formula is C18H22N4O2. The molecule has 4 rings (SSSR count). The van der Waals surface area contributed by atoms with Crippen LogP contribution in [0.1, 0.15) is 43.0 Å². The minimum absolute atomic E-state index is 0.00800. The second-order valence-corrected chi connectivity index (χ2v) is 6.68. The lowest BCUT2D eigenvalue weighted by molar-refractivity contribution is -0.169. The van der Waals surface area contributed by atoms with E-state index < -0.39 is 0 Å². The molecule has 2 atom stereocenters. The molecule has 2 saturated carbocycles. The minimum Gasteiger partial charge on any atom is -0.378 e. The molecular weight excluding hydrogens is 304 g/mol. The highest BCUT2D eigenvalue weighted by atomic mass is 16.5. The molecule has 2 aliphatic rings. The van der Waals surface area contributed by atoms with Gasteiger partial charge >= 0.3 is 0 Å². The SMILES string of the molecule is CCO[C@H]1C[C@H](NC(=O)c2ccc(-n3cncn3)cc2)C12CCC2. The van der Waals surface area contributed by atoms with Crippen LogP contribution >= 0.6 is 0 Å². The summed E-state index contributed by atoms with van der Waals surface area (Å²) < 4.78 is 7.51. The van der Waals surface area contributed by atoms with Gasteiger partial charge in [-0.2, -0.15) is 5.10 Å². The van der Waals surface area contributed by atoms with Crippen molar-refractivity contribution in [2.45, 2.75) is 44.8 Å². The van der Waals surface area contributed by atoms with E-state index in [1.54, 1.807) is 11.0 Å². The molecule has 2 aromatic rings. The highest BCUT2D eigenvalue weighted by Crippen LogP contribution is 2.57. The molecule has 0 radical (unpaired) electrons. The van der Waals surface area contributed by atoms with E-state index in [2.05, 4.69) is 15.4 Å². The van der Waals surface area contributed by atoms with Crippen LogP contribution in [0.15, 0.2) is 36.9 Å². The Kier molecular flexibility index (Phi) is 3.84. The average molecular weight is 326 g/mol. The molecule has 6 nitrogen and oxygen atoms in total. The topological polar surface area (TPSA) is 69.0 Å².